The normalized spacial score (nSPS) is 23.4. The molecule has 1 fully saturated rings. The second kappa shape index (κ2) is 5.91. The van der Waals surface area contributed by atoms with Crippen LogP contribution in [0.3, 0.4) is 0 Å². The largest absolute Gasteiger partial charge is 0.342 e. The molecule has 2 unspecified atom stereocenters. The summed E-state index contributed by atoms with van der Waals surface area (Å²) in [7, 11) is 0. The molecule has 1 aromatic heterocycles. The van der Waals surface area contributed by atoms with Gasteiger partial charge >= 0.3 is 0 Å². The van der Waals surface area contributed by atoms with Crippen LogP contribution in [0.4, 0.5) is 0 Å². The van der Waals surface area contributed by atoms with Crippen LogP contribution < -0.4 is 5.32 Å². The van der Waals surface area contributed by atoms with Crippen molar-refractivity contribution in [1.82, 2.24) is 15.2 Å². The highest BCUT2D eigenvalue weighted by Crippen LogP contribution is 2.22. The van der Waals surface area contributed by atoms with Crippen molar-refractivity contribution in [3.8, 4) is 0 Å². The molecule has 2 heterocycles. The van der Waals surface area contributed by atoms with Gasteiger partial charge in [-0.25, -0.2) is 4.98 Å². The van der Waals surface area contributed by atoms with E-state index < -0.39 is 6.04 Å². The number of carbonyl (C=O) groups is 2. The summed E-state index contributed by atoms with van der Waals surface area (Å²) in [5, 5.41) is 3.72. The summed E-state index contributed by atoms with van der Waals surface area (Å²) in [5.74, 6) is 0.0307. The molecule has 1 aliphatic heterocycles. The maximum atomic E-state index is 12.6. The van der Waals surface area contributed by atoms with Crippen LogP contribution in [0, 0.1) is 12.8 Å². The highest BCUT2D eigenvalue weighted by atomic mass is 32.1. The summed E-state index contributed by atoms with van der Waals surface area (Å²) in [5.41, 5.74) is 0. The van der Waals surface area contributed by atoms with Crippen LogP contribution in [-0.4, -0.2) is 33.8 Å². The molecule has 5 nitrogen and oxygen atoms in total. The molecule has 0 bridgehead atoms. The topological polar surface area (TPSA) is 62.3 Å². The standard InChI is InChI=1S/C14H21N3O2S/c1-5-10-13(18)16-12(8(2)3)14(19)17(10)7-11-15-6-9(4)20-11/h6,8,10,12H,5,7H2,1-4H3,(H,16,18). The third-order valence-corrected chi connectivity index (χ3v) is 4.45. The Kier molecular flexibility index (Phi) is 4.42. The van der Waals surface area contributed by atoms with Crippen LogP contribution in [0.25, 0.3) is 0 Å². The number of carbonyl (C=O) groups excluding carboxylic acids is 2. The molecule has 6 heteroatoms. The van der Waals surface area contributed by atoms with Crippen LogP contribution in [-0.2, 0) is 16.1 Å². The Hall–Kier alpha value is -1.43. The molecule has 0 radical (unpaired) electrons. The molecule has 20 heavy (non-hydrogen) atoms. The van der Waals surface area contributed by atoms with Gasteiger partial charge in [0.15, 0.2) is 0 Å². The second-order valence-electron chi connectivity index (χ2n) is 5.49. The molecule has 0 saturated carbocycles. The first kappa shape index (κ1) is 15.0. The number of hydrogen-bond donors (Lipinski definition) is 1. The van der Waals surface area contributed by atoms with Gasteiger partial charge in [0.05, 0.1) is 6.54 Å². The molecule has 0 aromatic carbocycles. The number of piperazine rings is 1. The Morgan fingerprint density at radius 1 is 1.45 bits per heavy atom. The Bertz CT molecular complexity index is 512. The first-order valence-electron chi connectivity index (χ1n) is 6.96. The molecular weight excluding hydrogens is 274 g/mol. The van der Waals surface area contributed by atoms with Gasteiger partial charge in [0.2, 0.25) is 11.8 Å². The maximum Gasteiger partial charge on any atom is 0.246 e. The summed E-state index contributed by atoms with van der Waals surface area (Å²) in [6.45, 7) is 8.22. The molecule has 1 saturated heterocycles. The van der Waals surface area contributed by atoms with Crippen LogP contribution in [0.5, 0.6) is 0 Å². The number of nitrogens with one attached hydrogen (secondary N) is 1. The zero-order valence-electron chi connectivity index (χ0n) is 12.3. The fourth-order valence-electron chi connectivity index (χ4n) is 2.45. The number of thiazole rings is 1. The third kappa shape index (κ3) is 2.85. The number of nitrogens with zero attached hydrogens (tertiary/aromatic N) is 2. The fourth-order valence-corrected chi connectivity index (χ4v) is 3.24. The molecule has 2 atom stereocenters. The second-order valence-corrected chi connectivity index (χ2v) is 6.80. The molecular formula is C14H21N3O2S. The van der Waals surface area contributed by atoms with Gasteiger partial charge in [-0.2, -0.15) is 0 Å². The minimum atomic E-state index is -0.425. The average Bonchev–Trinajstić information content (AvgIpc) is 2.79. The van der Waals surface area contributed by atoms with Crippen molar-refractivity contribution in [2.75, 3.05) is 0 Å². The smallest absolute Gasteiger partial charge is 0.246 e. The van der Waals surface area contributed by atoms with Gasteiger partial charge in [-0.15, -0.1) is 11.3 Å². The van der Waals surface area contributed by atoms with E-state index in [4.69, 9.17) is 0 Å². The number of amides is 2. The minimum Gasteiger partial charge on any atom is -0.342 e. The predicted molar refractivity (Wildman–Crippen MR) is 78.2 cm³/mol. The lowest BCUT2D eigenvalue weighted by atomic mass is 9.97. The van der Waals surface area contributed by atoms with Crippen LogP contribution in [0.15, 0.2) is 6.20 Å². The van der Waals surface area contributed by atoms with Crippen molar-refractivity contribution in [2.24, 2.45) is 5.92 Å². The Morgan fingerprint density at radius 2 is 2.15 bits per heavy atom. The van der Waals surface area contributed by atoms with Crippen molar-refractivity contribution in [2.45, 2.75) is 52.7 Å². The Morgan fingerprint density at radius 3 is 2.65 bits per heavy atom. The number of aryl methyl sites for hydroxylation is 1. The molecule has 2 amide bonds. The monoisotopic (exact) mass is 295 g/mol. The van der Waals surface area contributed by atoms with Gasteiger partial charge in [-0.1, -0.05) is 20.8 Å². The zero-order valence-corrected chi connectivity index (χ0v) is 13.2. The average molecular weight is 295 g/mol. The first-order chi connectivity index (χ1) is 9.43. The predicted octanol–water partition coefficient (Wildman–Crippen LogP) is 1.71. The molecule has 2 rings (SSSR count). The highest BCUT2D eigenvalue weighted by Gasteiger charge is 2.40. The minimum absolute atomic E-state index is 0.000645. The van der Waals surface area contributed by atoms with Gasteiger partial charge in [0.1, 0.15) is 17.1 Å². The van der Waals surface area contributed by atoms with Crippen molar-refractivity contribution in [3.05, 3.63) is 16.1 Å². The molecule has 1 N–H and O–H groups in total. The lowest BCUT2D eigenvalue weighted by molar-refractivity contribution is -0.151. The lowest BCUT2D eigenvalue weighted by Gasteiger charge is -2.39. The molecule has 1 aliphatic rings. The quantitative estimate of drug-likeness (QED) is 0.920. The van der Waals surface area contributed by atoms with Gasteiger partial charge in [-0.3, -0.25) is 9.59 Å². The van der Waals surface area contributed by atoms with Gasteiger partial charge in [0.25, 0.3) is 0 Å². The van der Waals surface area contributed by atoms with E-state index in [1.54, 1.807) is 22.4 Å². The summed E-state index contributed by atoms with van der Waals surface area (Å²) in [6.07, 6.45) is 2.42. The molecule has 1 aromatic rings. The summed E-state index contributed by atoms with van der Waals surface area (Å²) in [6, 6.07) is -0.812. The van der Waals surface area contributed by atoms with E-state index in [0.29, 0.717) is 13.0 Å². The highest BCUT2D eigenvalue weighted by molar-refractivity contribution is 7.11. The van der Waals surface area contributed by atoms with Gasteiger partial charge in [-0.05, 0) is 19.3 Å². The van der Waals surface area contributed by atoms with E-state index in [1.165, 1.54) is 0 Å². The van der Waals surface area contributed by atoms with E-state index in [2.05, 4.69) is 10.3 Å². The molecule has 110 valence electrons. The van der Waals surface area contributed by atoms with E-state index in [-0.39, 0.29) is 23.8 Å². The Balaban J connectivity index is 2.24. The van der Waals surface area contributed by atoms with Crippen molar-refractivity contribution in [3.63, 3.8) is 0 Å². The van der Waals surface area contributed by atoms with Gasteiger partial charge < -0.3 is 10.2 Å². The maximum absolute atomic E-state index is 12.6. The number of rotatable bonds is 4. The van der Waals surface area contributed by atoms with Crippen LogP contribution in [0.1, 0.15) is 37.1 Å². The van der Waals surface area contributed by atoms with Crippen LogP contribution in [0.2, 0.25) is 0 Å². The summed E-state index contributed by atoms with van der Waals surface area (Å²) in [4.78, 5) is 31.8. The van der Waals surface area contributed by atoms with Crippen LogP contribution >= 0.6 is 11.3 Å². The molecule has 0 spiro atoms. The van der Waals surface area contributed by atoms with E-state index >= 15 is 0 Å². The molecule has 0 aliphatic carbocycles. The Labute approximate surface area is 123 Å². The van der Waals surface area contributed by atoms with Crippen molar-refractivity contribution >= 4 is 23.2 Å². The van der Waals surface area contributed by atoms with E-state index in [1.807, 2.05) is 27.7 Å². The third-order valence-electron chi connectivity index (χ3n) is 3.55. The fraction of sp³-hybridized carbons (Fsp3) is 0.643. The SMILES string of the molecule is CCC1C(=O)NC(C(C)C)C(=O)N1Cc1ncc(C)s1. The first-order valence-corrected chi connectivity index (χ1v) is 7.77. The van der Waals surface area contributed by atoms with E-state index in [9.17, 15) is 9.59 Å². The van der Waals surface area contributed by atoms with Crippen molar-refractivity contribution in [1.29, 1.82) is 0 Å². The summed E-state index contributed by atoms with van der Waals surface area (Å²) < 4.78 is 0. The summed E-state index contributed by atoms with van der Waals surface area (Å²) >= 11 is 1.57. The van der Waals surface area contributed by atoms with Gasteiger partial charge in [0, 0.05) is 11.1 Å². The zero-order chi connectivity index (χ0) is 14.9. The van der Waals surface area contributed by atoms with E-state index in [0.717, 1.165) is 9.88 Å². The number of aromatic nitrogens is 1. The lowest BCUT2D eigenvalue weighted by Crippen LogP contribution is -2.64. The number of hydrogen-bond acceptors (Lipinski definition) is 4. The van der Waals surface area contributed by atoms with Crippen molar-refractivity contribution < 1.29 is 9.59 Å².